The molecule has 6 nitrogen and oxygen atoms in total. The molecule has 3 aromatic carbocycles. The van der Waals surface area contributed by atoms with Gasteiger partial charge in [-0.2, -0.15) is 0 Å². The molecular weight excluding hydrogens is 501 g/mol. The van der Waals surface area contributed by atoms with Crippen molar-refractivity contribution >= 4 is 40.6 Å². The van der Waals surface area contributed by atoms with E-state index in [1.807, 2.05) is 38.1 Å². The van der Waals surface area contributed by atoms with Crippen LogP contribution in [0, 0.1) is 19.7 Å². The molecule has 2 heterocycles. The molecule has 0 atom stereocenters. The molecule has 5 rings (SSSR count). The molecule has 0 bridgehead atoms. The first-order valence-corrected chi connectivity index (χ1v) is 12.8. The number of hydrogen-bond donors (Lipinski definition) is 1. The Morgan fingerprint density at radius 1 is 0.921 bits per heavy atom. The highest BCUT2D eigenvalue weighted by Crippen LogP contribution is 2.34. The van der Waals surface area contributed by atoms with E-state index < -0.39 is 29.4 Å². The van der Waals surface area contributed by atoms with Crippen molar-refractivity contribution in [3.63, 3.8) is 0 Å². The molecule has 8 heteroatoms. The van der Waals surface area contributed by atoms with Gasteiger partial charge in [0.05, 0.1) is 4.91 Å². The summed E-state index contributed by atoms with van der Waals surface area (Å²) in [6.07, 6.45) is 1.69. The maximum atomic E-state index is 13.1. The minimum atomic E-state index is -0.544. The summed E-state index contributed by atoms with van der Waals surface area (Å²) in [5.41, 5.74) is 6.36. The Kier molecular flexibility index (Phi) is 6.98. The van der Waals surface area contributed by atoms with E-state index in [2.05, 4.69) is 46.3 Å². The van der Waals surface area contributed by atoms with Gasteiger partial charge in [0.1, 0.15) is 12.4 Å². The van der Waals surface area contributed by atoms with E-state index in [-0.39, 0.29) is 4.91 Å². The molecule has 4 aromatic rings. The fourth-order valence-electron chi connectivity index (χ4n) is 4.42. The number of halogens is 1. The van der Waals surface area contributed by atoms with Crippen LogP contribution in [0.1, 0.15) is 17.0 Å². The summed E-state index contributed by atoms with van der Waals surface area (Å²) < 4.78 is 15.2. The van der Waals surface area contributed by atoms with Crippen LogP contribution in [0.5, 0.6) is 0 Å². The van der Waals surface area contributed by atoms with Crippen LogP contribution in [0.3, 0.4) is 0 Å². The van der Waals surface area contributed by atoms with Gasteiger partial charge in [-0.3, -0.25) is 19.3 Å². The summed E-state index contributed by atoms with van der Waals surface area (Å²) in [6.45, 7) is 3.53. The zero-order chi connectivity index (χ0) is 26.8. The summed E-state index contributed by atoms with van der Waals surface area (Å²) >= 11 is 0.806. The van der Waals surface area contributed by atoms with Crippen LogP contribution in [0.4, 0.5) is 14.9 Å². The van der Waals surface area contributed by atoms with Gasteiger partial charge in [0.25, 0.3) is 11.1 Å². The number of aromatic nitrogens is 1. The number of hydrogen-bond acceptors (Lipinski definition) is 4. The Balaban J connectivity index is 1.33. The second kappa shape index (κ2) is 10.5. The quantitative estimate of drug-likeness (QED) is 0.289. The molecule has 0 spiro atoms. The molecule has 1 N–H and O–H groups in total. The van der Waals surface area contributed by atoms with Gasteiger partial charge >= 0.3 is 0 Å². The lowest BCUT2D eigenvalue weighted by Gasteiger charge is -2.12. The van der Waals surface area contributed by atoms with Crippen LogP contribution >= 0.6 is 11.8 Å². The number of carbonyl (C=O) groups is 3. The smallest absolute Gasteiger partial charge is 0.294 e. The van der Waals surface area contributed by atoms with Crippen molar-refractivity contribution in [2.75, 3.05) is 11.9 Å². The van der Waals surface area contributed by atoms with Gasteiger partial charge in [0, 0.05) is 22.8 Å². The highest BCUT2D eigenvalue weighted by Gasteiger charge is 2.36. The van der Waals surface area contributed by atoms with E-state index >= 15 is 0 Å². The predicted octanol–water partition coefficient (Wildman–Crippen LogP) is 6.58. The molecular formula is C30H24FN3O3S. The topological polar surface area (TPSA) is 71.4 Å². The van der Waals surface area contributed by atoms with Gasteiger partial charge in [-0.05, 0) is 90.8 Å². The fourth-order valence-corrected chi connectivity index (χ4v) is 5.25. The van der Waals surface area contributed by atoms with Crippen LogP contribution in [0.2, 0.25) is 0 Å². The number of thioether (sulfide) groups is 1. The first kappa shape index (κ1) is 25.2. The molecule has 3 amide bonds. The Labute approximate surface area is 223 Å². The number of anilines is 1. The fraction of sp³-hybridized carbons (Fsp3) is 0.100. The Morgan fingerprint density at radius 3 is 2.26 bits per heavy atom. The number of aryl methyl sites for hydroxylation is 1. The van der Waals surface area contributed by atoms with E-state index in [9.17, 15) is 18.8 Å². The van der Waals surface area contributed by atoms with Crippen molar-refractivity contribution in [3.8, 4) is 16.8 Å². The minimum Gasteiger partial charge on any atom is -0.325 e. The van der Waals surface area contributed by atoms with E-state index in [0.29, 0.717) is 5.69 Å². The van der Waals surface area contributed by atoms with Crippen LogP contribution in [-0.4, -0.2) is 33.1 Å². The second-order valence-electron chi connectivity index (χ2n) is 8.90. The normalized spacial score (nSPS) is 14.4. The number of nitrogens with one attached hydrogen (secondary N) is 1. The molecule has 1 aromatic heterocycles. The lowest BCUT2D eigenvalue weighted by Crippen LogP contribution is -2.36. The standard InChI is InChI=1S/C30H24FN3O3S/c1-19-16-23(20(2)34(19)26-14-8-22(9-15-26)21-6-4-3-5-7-21)17-27-29(36)33(30(37)38-27)18-28(35)32-25-12-10-24(31)11-13-25/h3-17H,18H2,1-2H3,(H,32,35)/b27-17-. The third-order valence-electron chi connectivity index (χ3n) is 6.29. The van der Waals surface area contributed by atoms with E-state index in [4.69, 9.17) is 0 Å². The number of carbonyl (C=O) groups excluding carboxylic acids is 3. The molecule has 1 fully saturated rings. The van der Waals surface area contributed by atoms with Crippen LogP contribution in [0.25, 0.3) is 22.9 Å². The molecule has 0 aliphatic carbocycles. The Bertz CT molecular complexity index is 1560. The van der Waals surface area contributed by atoms with Crippen LogP contribution in [-0.2, 0) is 9.59 Å². The first-order chi connectivity index (χ1) is 18.3. The van der Waals surface area contributed by atoms with Gasteiger partial charge < -0.3 is 9.88 Å². The van der Waals surface area contributed by atoms with Gasteiger partial charge in [0.2, 0.25) is 5.91 Å². The maximum absolute atomic E-state index is 13.1. The summed E-state index contributed by atoms with van der Waals surface area (Å²) in [5.74, 6) is -1.49. The number of rotatable bonds is 6. The number of benzene rings is 3. The molecule has 1 saturated heterocycles. The minimum absolute atomic E-state index is 0.254. The zero-order valence-electron chi connectivity index (χ0n) is 20.8. The number of imide groups is 1. The largest absolute Gasteiger partial charge is 0.325 e. The molecule has 190 valence electrons. The second-order valence-corrected chi connectivity index (χ2v) is 9.89. The van der Waals surface area contributed by atoms with Crippen molar-refractivity contribution in [2.45, 2.75) is 13.8 Å². The Morgan fingerprint density at radius 2 is 1.58 bits per heavy atom. The lowest BCUT2D eigenvalue weighted by atomic mass is 10.1. The van der Waals surface area contributed by atoms with Crippen molar-refractivity contribution in [2.24, 2.45) is 0 Å². The van der Waals surface area contributed by atoms with Gasteiger partial charge in [-0.25, -0.2) is 4.39 Å². The molecule has 0 radical (unpaired) electrons. The molecule has 1 aliphatic rings. The summed E-state index contributed by atoms with van der Waals surface area (Å²) in [4.78, 5) is 39.1. The van der Waals surface area contributed by atoms with E-state index in [1.165, 1.54) is 24.3 Å². The van der Waals surface area contributed by atoms with Crippen LogP contribution < -0.4 is 5.32 Å². The molecule has 0 unspecified atom stereocenters. The average Bonchev–Trinajstić information content (AvgIpc) is 3.34. The third-order valence-corrected chi connectivity index (χ3v) is 7.20. The van der Waals surface area contributed by atoms with Crippen LogP contribution in [0.15, 0.2) is 89.8 Å². The molecule has 0 saturated carbocycles. The number of amides is 3. The van der Waals surface area contributed by atoms with Gasteiger partial charge in [0.15, 0.2) is 0 Å². The van der Waals surface area contributed by atoms with Crippen molar-refractivity contribution in [3.05, 3.63) is 113 Å². The van der Waals surface area contributed by atoms with Gasteiger partial charge in [-0.1, -0.05) is 42.5 Å². The highest BCUT2D eigenvalue weighted by atomic mass is 32.2. The number of nitrogens with zero attached hydrogens (tertiary/aromatic N) is 2. The lowest BCUT2D eigenvalue weighted by molar-refractivity contribution is -0.127. The van der Waals surface area contributed by atoms with Crippen molar-refractivity contribution in [1.82, 2.24) is 9.47 Å². The molecule has 1 aliphatic heterocycles. The monoisotopic (exact) mass is 525 g/mol. The third kappa shape index (κ3) is 5.17. The predicted molar refractivity (Wildman–Crippen MR) is 148 cm³/mol. The zero-order valence-corrected chi connectivity index (χ0v) is 21.6. The summed E-state index contributed by atoms with van der Waals surface area (Å²) in [7, 11) is 0. The molecule has 38 heavy (non-hydrogen) atoms. The van der Waals surface area contributed by atoms with Crippen molar-refractivity contribution < 1.29 is 18.8 Å². The average molecular weight is 526 g/mol. The highest BCUT2D eigenvalue weighted by molar-refractivity contribution is 8.18. The summed E-state index contributed by atoms with van der Waals surface area (Å²) in [5, 5.41) is 2.06. The maximum Gasteiger partial charge on any atom is 0.294 e. The first-order valence-electron chi connectivity index (χ1n) is 12.0. The Hall–Kier alpha value is -4.43. The summed E-state index contributed by atoms with van der Waals surface area (Å²) in [6, 6.07) is 25.6. The SMILES string of the molecule is Cc1cc(/C=C2\SC(=O)N(CC(=O)Nc3ccc(F)cc3)C2=O)c(C)n1-c1ccc(-c2ccccc2)cc1. The van der Waals surface area contributed by atoms with Crippen molar-refractivity contribution in [1.29, 1.82) is 0 Å². The van der Waals surface area contributed by atoms with E-state index in [1.54, 1.807) is 6.08 Å². The van der Waals surface area contributed by atoms with E-state index in [0.717, 1.165) is 50.4 Å². The van der Waals surface area contributed by atoms with Gasteiger partial charge in [-0.15, -0.1) is 0 Å².